The standard InChI is InChI=1S/C17H15BrN2O2S/c1-12-10-14(18)6-7-17(12)23(21,22)20-11-13-8-9-19-16-5-3-2-4-15(13)16/h2-10,20H,11H2,1H3. The number of nitrogens with one attached hydrogen (secondary N) is 1. The maximum Gasteiger partial charge on any atom is 0.241 e. The number of fused-ring (bicyclic) bond motifs is 1. The van der Waals surface area contributed by atoms with Crippen molar-refractivity contribution in [1.29, 1.82) is 0 Å². The molecule has 2 aromatic carbocycles. The Balaban J connectivity index is 1.89. The van der Waals surface area contributed by atoms with Crippen molar-refractivity contribution < 1.29 is 8.42 Å². The number of halogens is 1. The number of hydrogen-bond acceptors (Lipinski definition) is 3. The maximum absolute atomic E-state index is 12.5. The highest BCUT2D eigenvalue weighted by Gasteiger charge is 2.17. The van der Waals surface area contributed by atoms with E-state index in [1.165, 1.54) is 0 Å². The molecule has 0 saturated heterocycles. The van der Waals surface area contributed by atoms with Crippen molar-refractivity contribution in [1.82, 2.24) is 9.71 Å². The topological polar surface area (TPSA) is 59.1 Å². The average Bonchev–Trinajstić information content (AvgIpc) is 2.52. The fraction of sp³-hybridized carbons (Fsp3) is 0.118. The van der Waals surface area contributed by atoms with Crippen LogP contribution in [-0.4, -0.2) is 13.4 Å². The molecule has 23 heavy (non-hydrogen) atoms. The molecule has 0 saturated carbocycles. The van der Waals surface area contributed by atoms with Crippen LogP contribution in [0, 0.1) is 6.92 Å². The van der Waals surface area contributed by atoms with E-state index >= 15 is 0 Å². The van der Waals surface area contributed by atoms with Gasteiger partial charge in [0.15, 0.2) is 0 Å². The Morgan fingerprint density at radius 3 is 2.70 bits per heavy atom. The number of pyridine rings is 1. The van der Waals surface area contributed by atoms with E-state index in [9.17, 15) is 8.42 Å². The molecule has 0 bridgehead atoms. The van der Waals surface area contributed by atoms with Crippen LogP contribution in [0.2, 0.25) is 0 Å². The summed E-state index contributed by atoms with van der Waals surface area (Å²) in [6.45, 7) is 2.00. The van der Waals surface area contributed by atoms with Gasteiger partial charge in [-0.05, 0) is 48.4 Å². The molecule has 1 N–H and O–H groups in total. The van der Waals surface area contributed by atoms with Gasteiger partial charge >= 0.3 is 0 Å². The first-order valence-corrected chi connectivity index (χ1v) is 9.33. The van der Waals surface area contributed by atoms with Gasteiger partial charge in [0.05, 0.1) is 10.4 Å². The molecule has 1 heterocycles. The third-order valence-corrected chi connectivity index (χ3v) is 5.67. The van der Waals surface area contributed by atoms with E-state index in [-0.39, 0.29) is 6.54 Å². The average molecular weight is 391 g/mol. The summed E-state index contributed by atoms with van der Waals surface area (Å²) < 4.78 is 28.6. The summed E-state index contributed by atoms with van der Waals surface area (Å²) in [6, 6.07) is 14.6. The van der Waals surface area contributed by atoms with Gasteiger partial charge in [-0.3, -0.25) is 4.98 Å². The summed E-state index contributed by atoms with van der Waals surface area (Å²) in [5.74, 6) is 0. The van der Waals surface area contributed by atoms with Gasteiger partial charge < -0.3 is 0 Å². The molecule has 0 unspecified atom stereocenters. The van der Waals surface area contributed by atoms with Gasteiger partial charge in [-0.15, -0.1) is 0 Å². The lowest BCUT2D eigenvalue weighted by Crippen LogP contribution is -2.24. The largest absolute Gasteiger partial charge is 0.256 e. The SMILES string of the molecule is Cc1cc(Br)ccc1S(=O)(=O)NCc1ccnc2ccccc12. The summed E-state index contributed by atoms with van der Waals surface area (Å²) in [7, 11) is -3.57. The highest BCUT2D eigenvalue weighted by atomic mass is 79.9. The van der Waals surface area contributed by atoms with E-state index in [4.69, 9.17) is 0 Å². The zero-order valence-corrected chi connectivity index (χ0v) is 14.9. The van der Waals surface area contributed by atoms with Crippen molar-refractivity contribution in [3.05, 3.63) is 70.3 Å². The first-order valence-electron chi connectivity index (χ1n) is 7.06. The third-order valence-electron chi connectivity index (χ3n) is 3.62. The van der Waals surface area contributed by atoms with Crippen LogP contribution in [0.3, 0.4) is 0 Å². The molecule has 1 aromatic heterocycles. The molecule has 0 aliphatic heterocycles. The molecule has 3 rings (SSSR count). The van der Waals surface area contributed by atoms with Gasteiger partial charge in [0, 0.05) is 22.6 Å². The zero-order chi connectivity index (χ0) is 16.4. The van der Waals surface area contributed by atoms with E-state index in [1.54, 1.807) is 31.3 Å². The fourth-order valence-electron chi connectivity index (χ4n) is 2.47. The van der Waals surface area contributed by atoms with Crippen LogP contribution in [0.4, 0.5) is 0 Å². The molecular weight excluding hydrogens is 376 g/mol. The lowest BCUT2D eigenvalue weighted by Gasteiger charge is -2.11. The normalized spacial score (nSPS) is 11.7. The first kappa shape index (κ1) is 16.1. The second-order valence-corrected chi connectivity index (χ2v) is 7.87. The Morgan fingerprint density at radius 2 is 1.91 bits per heavy atom. The van der Waals surface area contributed by atoms with E-state index < -0.39 is 10.0 Å². The first-order chi connectivity index (χ1) is 11.0. The van der Waals surface area contributed by atoms with Crippen molar-refractivity contribution in [2.24, 2.45) is 0 Å². The summed E-state index contributed by atoms with van der Waals surface area (Å²) >= 11 is 3.34. The second kappa shape index (κ2) is 6.39. The Labute approximate surface area is 143 Å². The summed E-state index contributed by atoms with van der Waals surface area (Å²) in [6.07, 6.45) is 1.69. The number of rotatable bonds is 4. The Morgan fingerprint density at radius 1 is 1.13 bits per heavy atom. The van der Waals surface area contributed by atoms with Gasteiger partial charge in [0.1, 0.15) is 0 Å². The number of aromatic nitrogens is 1. The van der Waals surface area contributed by atoms with Crippen molar-refractivity contribution >= 4 is 36.9 Å². The summed E-state index contributed by atoms with van der Waals surface area (Å²) in [4.78, 5) is 4.58. The Hall–Kier alpha value is -1.76. The Kier molecular flexibility index (Phi) is 4.48. The second-order valence-electron chi connectivity index (χ2n) is 5.22. The number of sulfonamides is 1. The number of benzene rings is 2. The number of nitrogens with zero attached hydrogens (tertiary/aromatic N) is 1. The van der Waals surface area contributed by atoms with E-state index in [2.05, 4.69) is 25.6 Å². The van der Waals surface area contributed by atoms with Crippen molar-refractivity contribution in [2.75, 3.05) is 0 Å². The summed E-state index contributed by atoms with van der Waals surface area (Å²) in [5, 5.41) is 0.949. The molecule has 118 valence electrons. The number of aryl methyl sites for hydroxylation is 1. The van der Waals surface area contributed by atoms with Crippen LogP contribution < -0.4 is 4.72 Å². The minimum atomic E-state index is -3.57. The molecule has 0 aliphatic rings. The smallest absolute Gasteiger partial charge is 0.241 e. The number of para-hydroxylation sites is 1. The van der Waals surface area contributed by atoms with Crippen LogP contribution in [0.5, 0.6) is 0 Å². The van der Waals surface area contributed by atoms with Crippen molar-refractivity contribution in [2.45, 2.75) is 18.4 Å². The van der Waals surface area contributed by atoms with Gasteiger partial charge in [-0.1, -0.05) is 34.1 Å². The quantitative estimate of drug-likeness (QED) is 0.736. The molecule has 0 aliphatic carbocycles. The van der Waals surface area contributed by atoms with Crippen LogP contribution >= 0.6 is 15.9 Å². The van der Waals surface area contributed by atoms with Gasteiger partial charge in [-0.25, -0.2) is 13.1 Å². The molecular formula is C17H15BrN2O2S. The van der Waals surface area contributed by atoms with Crippen LogP contribution in [0.25, 0.3) is 10.9 Å². The van der Waals surface area contributed by atoms with Crippen LogP contribution in [-0.2, 0) is 16.6 Å². The molecule has 6 heteroatoms. The molecule has 0 atom stereocenters. The Bertz CT molecular complexity index is 966. The zero-order valence-electron chi connectivity index (χ0n) is 12.5. The number of hydrogen-bond donors (Lipinski definition) is 1. The lowest BCUT2D eigenvalue weighted by molar-refractivity contribution is 0.581. The molecule has 0 spiro atoms. The summed E-state index contributed by atoms with van der Waals surface area (Å²) in [5.41, 5.74) is 2.45. The third kappa shape index (κ3) is 3.44. The van der Waals surface area contributed by atoms with E-state index in [0.717, 1.165) is 20.9 Å². The molecule has 0 amide bonds. The molecule has 0 fully saturated rings. The molecule has 3 aromatic rings. The fourth-order valence-corrected chi connectivity index (χ4v) is 4.18. The predicted molar refractivity (Wildman–Crippen MR) is 94.6 cm³/mol. The maximum atomic E-state index is 12.5. The molecule has 4 nitrogen and oxygen atoms in total. The van der Waals surface area contributed by atoms with Crippen molar-refractivity contribution in [3.8, 4) is 0 Å². The van der Waals surface area contributed by atoms with E-state index in [0.29, 0.717) is 10.5 Å². The predicted octanol–water partition coefficient (Wildman–Crippen LogP) is 3.78. The van der Waals surface area contributed by atoms with Gasteiger partial charge in [0.2, 0.25) is 10.0 Å². The van der Waals surface area contributed by atoms with E-state index in [1.807, 2.05) is 30.3 Å². The van der Waals surface area contributed by atoms with Crippen LogP contribution in [0.1, 0.15) is 11.1 Å². The minimum Gasteiger partial charge on any atom is -0.256 e. The van der Waals surface area contributed by atoms with Gasteiger partial charge in [0.25, 0.3) is 0 Å². The van der Waals surface area contributed by atoms with Crippen LogP contribution in [0.15, 0.2) is 64.1 Å². The lowest BCUT2D eigenvalue weighted by atomic mass is 10.1. The minimum absolute atomic E-state index is 0.223. The van der Waals surface area contributed by atoms with Crippen molar-refractivity contribution in [3.63, 3.8) is 0 Å². The highest BCUT2D eigenvalue weighted by molar-refractivity contribution is 9.10. The monoisotopic (exact) mass is 390 g/mol. The highest BCUT2D eigenvalue weighted by Crippen LogP contribution is 2.21. The molecule has 0 radical (unpaired) electrons. The van der Waals surface area contributed by atoms with Gasteiger partial charge in [-0.2, -0.15) is 0 Å².